The number of fused-ring (bicyclic) bond motifs is 4. The molecule has 7 heteroatoms. The van der Waals surface area contributed by atoms with Gasteiger partial charge in [0.1, 0.15) is 0 Å². The van der Waals surface area contributed by atoms with Gasteiger partial charge in [-0.1, -0.05) is 88.0 Å². The van der Waals surface area contributed by atoms with Crippen molar-refractivity contribution in [2.45, 2.75) is 77.4 Å². The number of furan rings is 1. The van der Waals surface area contributed by atoms with Crippen molar-refractivity contribution in [3.8, 4) is 39.5 Å². The maximum Gasteiger partial charge on any atom is 0.216 e. The van der Waals surface area contributed by atoms with E-state index in [0.29, 0.717) is 27.7 Å². The number of nitrogens with zero attached hydrogens (tertiary/aromatic N) is 4. The minimum atomic E-state index is -2.49. The van der Waals surface area contributed by atoms with Crippen molar-refractivity contribution in [3.63, 3.8) is 0 Å². The summed E-state index contributed by atoms with van der Waals surface area (Å²) in [5.41, 5.74) is 9.78. The summed E-state index contributed by atoms with van der Waals surface area (Å²) < 4.78 is 80.5. The van der Waals surface area contributed by atoms with Crippen molar-refractivity contribution in [1.82, 2.24) is 19.5 Å². The van der Waals surface area contributed by atoms with Crippen LogP contribution in [0.15, 0.2) is 126 Å². The maximum absolute atomic E-state index is 8.33. The Kier molecular flexibility index (Phi) is 9.49. The van der Waals surface area contributed by atoms with Crippen LogP contribution in [0.5, 0.6) is 0 Å². The summed E-state index contributed by atoms with van der Waals surface area (Å²) in [6, 6.07) is 42.5. The number of aromatic nitrogens is 4. The number of para-hydroxylation sites is 2. The van der Waals surface area contributed by atoms with Crippen molar-refractivity contribution in [1.29, 1.82) is 0 Å². The van der Waals surface area contributed by atoms with Gasteiger partial charge < -0.3 is 8.98 Å². The Hall–Kier alpha value is -5.14. The standard InChI is InChI=1S/C38H34N3O.C15H18GeN.Ir/c1-22(2)30-20-27(26-12-8-7-9-13-26)21-31(23(3)4)35(30)41-33-15-11-10-14-32(33)40-37(41)29-18-16-24(5)34-28-19-17-25(6)39-38(28)42-36(29)34;1-12-5-7-13(8-6-12)15-10-9-14(11-17-15)16(2,3)4;/h7-17,19-23H,1-6H3;5-7,9-11H,1-4H3;/q2*-1;/i5D3,6D3;1D3;. The molecule has 0 atom stereocenters. The molecule has 0 aliphatic rings. The van der Waals surface area contributed by atoms with Crippen molar-refractivity contribution < 1.29 is 36.9 Å². The number of pyridine rings is 2. The van der Waals surface area contributed by atoms with E-state index in [1.807, 2.05) is 54.7 Å². The third-order valence-electron chi connectivity index (χ3n) is 10.7. The molecule has 4 aromatic heterocycles. The predicted molar refractivity (Wildman–Crippen MR) is 250 cm³/mol. The molecule has 9 rings (SSSR count). The summed E-state index contributed by atoms with van der Waals surface area (Å²) in [6.45, 7) is 1.69. The van der Waals surface area contributed by atoms with Crippen molar-refractivity contribution >= 4 is 50.8 Å². The molecule has 60 heavy (non-hydrogen) atoms. The summed E-state index contributed by atoms with van der Waals surface area (Å²) >= 11 is -1.83. The monoisotopic (exact) mass is 1040 g/mol. The van der Waals surface area contributed by atoms with E-state index in [0.717, 1.165) is 50.2 Å². The van der Waals surface area contributed by atoms with Crippen LogP contribution >= 0.6 is 0 Å². The van der Waals surface area contributed by atoms with Gasteiger partial charge in [0.25, 0.3) is 0 Å². The van der Waals surface area contributed by atoms with E-state index in [4.69, 9.17) is 21.7 Å². The molecule has 9 aromatic rings. The van der Waals surface area contributed by atoms with E-state index < -0.39 is 33.8 Å². The van der Waals surface area contributed by atoms with Gasteiger partial charge in [-0.3, -0.25) is 4.98 Å². The zero-order valence-electron chi connectivity index (χ0n) is 43.7. The Balaban J connectivity index is 0.000000281. The average molecular weight is 1030 g/mol. The van der Waals surface area contributed by atoms with Gasteiger partial charge in [-0.05, 0) is 77.3 Å². The third kappa shape index (κ3) is 8.43. The molecule has 0 saturated heterocycles. The summed E-state index contributed by atoms with van der Waals surface area (Å²) in [4.78, 5) is 13.9. The molecule has 5 aromatic carbocycles. The van der Waals surface area contributed by atoms with Crippen LogP contribution in [0.3, 0.4) is 0 Å². The molecular weight excluding hydrogens is 973 g/mol. The van der Waals surface area contributed by atoms with Gasteiger partial charge in [-0.2, -0.15) is 0 Å². The number of benzene rings is 5. The summed E-state index contributed by atoms with van der Waals surface area (Å²) in [7, 11) is 0. The van der Waals surface area contributed by atoms with Crippen LogP contribution in [0.4, 0.5) is 0 Å². The fourth-order valence-corrected chi connectivity index (χ4v) is 9.66. The van der Waals surface area contributed by atoms with E-state index in [1.165, 1.54) is 22.6 Å². The maximum atomic E-state index is 8.33. The van der Waals surface area contributed by atoms with Gasteiger partial charge in [0, 0.05) is 45.1 Å². The molecule has 0 spiro atoms. The zero-order valence-corrected chi connectivity index (χ0v) is 39.2. The molecular formula is C53H52GeIrN4O-2. The number of hydrogen-bond donors (Lipinski definition) is 0. The Bertz CT molecular complexity index is 3190. The summed E-state index contributed by atoms with van der Waals surface area (Å²) in [5.74, 6) is 7.80. The minimum Gasteiger partial charge on any atom is -0.486 e. The van der Waals surface area contributed by atoms with Crippen LogP contribution < -0.4 is 4.40 Å². The number of rotatable bonds is 7. The minimum absolute atomic E-state index is 0. The van der Waals surface area contributed by atoms with Gasteiger partial charge in [-0.25, -0.2) is 4.98 Å². The summed E-state index contributed by atoms with van der Waals surface area (Å²) in [6.07, 6.45) is 1.95. The quantitative estimate of drug-likeness (QED) is 0.118. The Morgan fingerprint density at radius 1 is 0.733 bits per heavy atom. The van der Waals surface area contributed by atoms with Crippen molar-refractivity contribution in [2.75, 3.05) is 0 Å². The molecule has 0 aliphatic heterocycles. The normalized spacial score (nSPS) is 14.5. The molecule has 0 unspecified atom stereocenters. The topological polar surface area (TPSA) is 56.7 Å². The predicted octanol–water partition coefficient (Wildman–Crippen LogP) is 13.7. The number of hydrogen-bond acceptors (Lipinski definition) is 4. The second-order valence-corrected chi connectivity index (χ2v) is 27.2. The largest absolute Gasteiger partial charge is 0.486 e. The summed E-state index contributed by atoms with van der Waals surface area (Å²) in [5, 5.41) is 0.759. The molecule has 0 fully saturated rings. The molecule has 1 radical (unpaired) electrons. The zero-order chi connectivity index (χ0) is 49.1. The first-order valence-corrected chi connectivity index (χ1v) is 27.3. The Morgan fingerprint density at radius 2 is 1.48 bits per heavy atom. The number of imidazole rings is 1. The molecule has 305 valence electrons. The van der Waals surface area contributed by atoms with E-state index in [-0.39, 0.29) is 54.5 Å². The van der Waals surface area contributed by atoms with E-state index >= 15 is 0 Å². The van der Waals surface area contributed by atoms with Gasteiger partial charge >= 0.3 is 110 Å². The van der Waals surface area contributed by atoms with Crippen LogP contribution in [-0.4, -0.2) is 32.8 Å². The first-order chi connectivity index (χ1) is 31.9. The Morgan fingerprint density at radius 3 is 2.12 bits per heavy atom. The van der Waals surface area contributed by atoms with Crippen LogP contribution in [0.25, 0.3) is 72.6 Å². The third-order valence-corrected chi connectivity index (χ3v) is 14.9. The molecule has 0 N–H and O–H groups in total. The van der Waals surface area contributed by atoms with Gasteiger partial charge in [-0.15, -0.1) is 17.7 Å². The molecule has 0 saturated carbocycles. The molecule has 0 amide bonds. The first-order valence-electron chi connectivity index (χ1n) is 24.4. The SMILES string of the molecule is [2H]C([2H])([2H])c1c[c-]c(-c2cc[c]([Ge]([CH3])([CH3])[CH3])cn2)cc1.[2H]C([2H])([2H])c1ccc2c(n1)oc1c(-c3nc4ccccc4n3-c3c(C(C)C)cc(-c4ccccc4)cc3C(C)C)[c-]cc(C([2H])([2H])[2H])c12.[Ir]. The van der Waals surface area contributed by atoms with Gasteiger partial charge in [0.15, 0.2) is 0 Å². The van der Waals surface area contributed by atoms with Gasteiger partial charge in [0.05, 0.1) is 22.4 Å². The fraction of sp³-hybridized carbons (Fsp3) is 0.226. The molecule has 5 nitrogen and oxygen atoms in total. The first kappa shape index (κ1) is 32.6. The van der Waals surface area contributed by atoms with Crippen LogP contribution in [0.1, 0.15) is 79.8 Å². The Labute approximate surface area is 383 Å². The van der Waals surface area contributed by atoms with Gasteiger partial charge in [0.2, 0.25) is 5.71 Å². The second kappa shape index (κ2) is 17.5. The van der Waals surface area contributed by atoms with Crippen LogP contribution in [-0.2, 0) is 20.1 Å². The molecule has 4 heterocycles. The molecule has 0 aliphatic carbocycles. The van der Waals surface area contributed by atoms with E-state index in [9.17, 15) is 0 Å². The van der Waals surface area contributed by atoms with Crippen molar-refractivity contribution in [2.24, 2.45) is 0 Å². The fourth-order valence-electron chi connectivity index (χ4n) is 7.49. The second-order valence-electron chi connectivity index (χ2n) is 16.5. The number of aryl methyl sites for hydroxylation is 3. The van der Waals surface area contributed by atoms with Crippen molar-refractivity contribution in [3.05, 3.63) is 162 Å². The molecule has 0 bridgehead atoms. The average Bonchev–Trinajstić information content (AvgIpc) is 3.86. The van der Waals surface area contributed by atoms with Crippen LogP contribution in [0.2, 0.25) is 17.3 Å². The smallest absolute Gasteiger partial charge is 0.216 e. The van der Waals surface area contributed by atoms with Crippen LogP contribution in [0, 0.1) is 32.7 Å². The van der Waals surface area contributed by atoms with E-state index in [2.05, 4.69) is 102 Å². The van der Waals surface area contributed by atoms with E-state index in [1.54, 1.807) is 18.2 Å².